The van der Waals surface area contributed by atoms with Crippen LogP contribution in [0.5, 0.6) is 0 Å². The lowest BCUT2D eigenvalue weighted by Gasteiger charge is -2.34. The van der Waals surface area contributed by atoms with Crippen LogP contribution in [0.4, 0.5) is 0 Å². The zero-order valence-corrected chi connectivity index (χ0v) is 13.5. The summed E-state index contributed by atoms with van der Waals surface area (Å²) in [4.78, 5) is 3.70. The first kappa shape index (κ1) is 12.5. The van der Waals surface area contributed by atoms with Crippen molar-refractivity contribution in [3.05, 3.63) is 33.0 Å². The zero-order chi connectivity index (χ0) is 12.9. The summed E-state index contributed by atoms with van der Waals surface area (Å²) in [5.74, 6) is 0.673. The number of hydrogen-bond acceptors (Lipinski definition) is 0. The topological polar surface area (TPSA) is 15.8 Å². The van der Waals surface area contributed by atoms with Crippen LogP contribution in [0.3, 0.4) is 0 Å². The molecule has 0 saturated carbocycles. The molecule has 1 N–H and O–H groups in total. The Morgan fingerprint density at radius 3 is 2.78 bits per heavy atom. The lowest BCUT2D eigenvalue weighted by atomic mass is 9.72. The van der Waals surface area contributed by atoms with E-state index >= 15 is 0 Å². The van der Waals surface area contributed by atoms with Crippen LogP contribution in [0.25, 0.3) is 10.9 Å². The predicted molar refractivity (Wildman–Crippen MR) is 86.1 cm³/mol. The highest BCUT2D eigenvalue weighted by atomic mass is 127. The number of benzene rings is 1. The van der Waals surface area contributed by atoms with Crippen molar-refractivity contribution in [2.24, 2.45) is 5.41 Å². The standard InChI is InChI=1S/C16H20IN/c1-16(2,3)13-6-4-5-11-12-9-10(17)7-8-14(12)18-15(11)13/h7-9,13,18H,4-6H2,1-3H3. The molecule has 0 bridgehead atoms. The third kappa shape index (κ3) is 1.98. The van der Waals surface area contributed by atoms with Crippen LogP contribution >= 0.6 is 22.6 Å². The van der Waals surface area contributed by atoms with Crippen molar-refractivity contribution in [1.82, 2.24) is 4.98 Å². The zero-order valence-electron chi connectivity index (χ0n) is 11.3. The summed E-state index contributed by atoms with van der Waals surface area (Å²) in [5, 5.41) is 1.45. The number of aryl methyl sites for hydroxylation is 1. The molecule has 1 nitrogen and oxygen atoms in total. The molecule has 2 aromatic rings. The summed E-state index contributed by atoms with van der Waals surface area (Å²) in [6, 6.07) is 6.75. The van der Waals surface area contributed by atoms with Crippen LogP contribution in [0, 0.1) is 8.99 Å². The summed E-state index contributed by atoms with van der Waals surface area (Å²) in [7, 11) is 0. The fourth-order valence-corrected chi connectivity index (χ4v) is 3.79. The number of nitrogens with one attached hydrogen (secondary N) is 1. The second-order valence-electron chi connectivity index (χ2n) is 6.52. The number of rotatable bonds is 0. The highest BCUT2D eigenvalue weighted by Crippen LogP contribution is 2.45. The molecule has 96 valence electrons. The average Bonchev–Trinajstić information content (AvgIpc) is 2.65. The first-order valence-electron chi connectivity index (χ1n) is 6.77. The van der Waals surface area contributed by atoms with E-state index in [2.05, 4.69) is 66.5 Å². The normalized spacial score (nSPS) is 20.1. The van der Waals surface area contributed by atoms with E-state index in [1.807, 2.05) is 0 Å². The van der Waals surface area contributed by atoms with Gasteiger partial charge in [0.05, 0.1) is 0 Å². The fourth-order valence-electron chi connectivity index (χ4n) is 3.30. The molecule has 1 atom stereocenters. The lowest BCUT2D eigenvalue weighted by Crippen LogP contribution is -2.22. The van der Waals surface area contributed by atoms with Crippen LogP contribution in [0.15, 0.2) is 18.2 Å². The van der Waals surface area contributed by atoms with Gasteiger partial charge in [-0.15, -0.1) is 0 Å². The van der Waals surface area contributed by atoms with Crippen molar-refractivity contribution in [1.29, 1.82) is 0 Å². The van der Waals surface area contributed by atoms with Crippen LogP contribution < -0.4 is 0 Å². The van der Waals surface area contributed by atoms with Gasteiger partial charge in [0, 0.05) is 26.1 Å². The van der Waals surface area contributed by atoms with Gasteiger partial charge >= 0.3 is 0 Å². The van der Waals surface area contributed by atoms with Crippen molar-refractivity contribution in [3.63, 3.8) is 0 Å². The van der Waals surface area contributed by atoms with Gasteiger partial charge in [-0.05, 0) is 71.0 Å². The Bertz CT molecular complexity index is 589. The number of halogens is 1. The fraction of sp³-hybridized carbons (Fsp3) is 0.500. The number of aromatic amines is 1. The van der Waals surface area contributed by atoms with Crippen molar-refractivity contribution < 1.29 is 0 Å². The van der Waals surface area contributed by atoms with E-state index in [9.17, 15) is 0 Å². The van der Waals surface area contributed by atoms with Gasteiger partial charge in [0.25, 0.3) is 0 Å². The van der Waals surface area contributed by atoms with Crippen LogP contribution in [-0.2, 0) is 6.42 Å². The highest BCUT2D eigenvalue weighted by molar-refractivity contribution is 14.1. The Hall–Kier alpha value is -0.510. The summed E-state index contributed by atoms with van der Waals surface area (Å²) in [6.07, 6.45) is 3.88. The number of H-pyrrole nitrogens is 1. The molecule has 0 spiro atoms. The summed E-state index contributed by atoms with van der Waals surface area (Å²) >= 11 is 2.41. The Morgan fingerprint density at radius 1 is 1.28 bits per heavy atom. The molecule has 1 aromatic carbocycles. The van der Waals surface area contributed by atoms with E-state index in [0.29, 0.717) is 11.3 Å². The smallest absolute Gasteiger partial charge is 0.0459 e. The molecule has 2 heteroatoms. The summed E-state index contributed by atoms with van der Waals surface area (Å²) in [5.41, 5.74) is 4.75. The van der Waals surface area contributed by atoms with Crippen molar-refractivity contribution in [2.75, 3.05) is 0 Å². The Labute approximate surface area is 122 Å². The van der Waals surface area contributed by atoms with Gasteiger partial charge in [0.15, 0.2) is 0 Å². The van der Waals surface area contributed by atoms with Gasteiger partial charge in [-0.3, -0.25) is 0 Å². The Morgan fingerprint density at radius 2 is 2.06 bits per heavy atom. The van der Waals surface area contributed by atoms with E-state index in [1.54, 1.807) is 5.56 Å². The average molecular weight is 353 g/mol. The predicted octanol–water partition coefficient (Wildman–Crippen LogP) is 5.24. The quantitative estimate of drug-likeness (QED) is 0.624. The first-order valence-corrected chi connectivity index (χ1v) is 7.84. The third-order valence-corrected chi connectivity index (χ3v) is 4.89. The van der Waals surface area contributed by atoms with Crippen LogP contribution in [0.1, 0.15) is 50.8 Å². The van der Waals surface area contributed by atoms with Gasteiger partial charge in [0.1, 0.15) is 0 Å². The van der Waals surface area contributed by atoms with E-state index in [4.69, 9.17) is 0 Å². The van der Waals surface area contributed by atoms with E-state index in [0.717, 1.165) is 0 Å². The molecule has 0 saturated heterocycles. The molecular weight excluding hydrogens is 333 g/mol. The first-order chi connectivity index (χ1) is 8.47. The summed E-state index contributed by atoms with van der Waals surface area (Å²) < 4.78 is 1.33. The highest BCUT2D eigenvalue weighted by Gasteiger charge is 2.32. The minimum Gasteiger partial charge on any atom is -0.358 e. The minimum absolute atomic E-state index is 0.350. The maximum Gasteiger partial charge on any atom is 0.0459 e. The molecule has 1 unspecified atom stereocenters. The molecule has 1 aromatic heterocycles. The molecule has 1 aliphatic carbocycles. The minimum atomic E-state index is 0.350. The van der Waals surface area contributed by atoms with Crippen molar-refractivity contribution >= 4 is 33.5 Å². The van der Waals surface area contributed by atoms with Gasteiger partial charge in [-0.1, -0.05) is 20.8 Å². The molecule has 0 fully saturated rings. The summed E-state index contributed by atoms with van der Waals surface area (Å²) in [6.45, 7) is 7.09. The second-order valence-corrected chi connectivity index (χ2v) is 7.76. The van der Waals surface area contributed by atoms with E-state index in [-0.39, 0.29) is 0 Å². The van der Waals surface area contributed by atoms with E-state index < -0.39 is 0 Å². The van der Waals surface area contributed by atoms with Crippen molar-refractivity contribution in [2.45, 2.75) is 46.0 Å². The van der Waals surface area contributed by atoms with Crippen LogP contribution in [0.2, 0.25) is 0 Å². The van der Waals surface area contributed by atoms with Crippen molar-refractivity contribution in [3.8, 4) is 0 Å². The number of aromatic nitrogens is 1. The second kappa shape index (κ2) is 4.26. The SMILES string of the molecule is CC(C)(C)C1CCCc2c1[nH]c1ccc(I)cc21. The molecule has 0 amide bonds. The number of hydrogen-bond donors (Lipinski definition) is 1. The third-order valence-electron chi connectivity index (χ3n) is 4.21. The molecule has 18 heavy (non-hydrogen) atoms. The molecule has 0 aliphatic heterocycles. The van der Waals surface area contributed by atoms with E-state index in [1.165, 1.54) is 39.4 Å². The van der Waals surface area contributed by atoms with Crippen LogP contribution in [-0.4, -0.2) is 4.98 Å². The molecular formula is C16H20IN. The maximum absolute atomic E-state index is 3.70. The monoisotopic (exact) mass is 353 g/mol. The van der Waals surface area contributed by atoms with Gasteiger partial charge in [0.2, 0.25) is 0 Å². The van der Waals surface area contributed by atoms with Gasteiger partial charge in [-0.25, -0.2) is 0 Å². The number of fused-ring (bicyclic) bond motifs is 3. The lowest BCUT2D eigenvalue weighted by molar-refractivity contribution is 0.285. The molecule has 3 rings (SSSR count). The van der Waals surface area contributed by atoms with Gasteiger partial charge in [-0.2, -0.15) is 0 Å². The Kier molecular flexibility index (Phi) is 2.96. The molecule has 1 heterocycles. The maximum atomic E-state index is 3.70. The van der Waals surface area contributed by atoms with Gasteiger partial charge < -0.3 is 4.98 Å². The Balaban J connectivity index is 2.22. The molecule has 0 radical (unpaired) electrons. The molecule has 1 aliphatic rings. The largest absolute Gasteiger partial charge is 0.358 e.